The van der Waals surface area contributed by atoms with Gasteiger partial charge in [0.05, 0.1) is 22.1 Å². The van der Waals surface area contributed by atoms with E-state index in [-0.39, 0.29) is 6.04 Å². The van der Waals surface area contributed by atoms with Crippen LogP contribution in [0.3, 0.4) is 0 Å². The summed E-state index contributed by atoms with van der Waals surface area (Å²) in [6, 6.07) is 8.27. The zero-order valence-electron chi connectivity index (χ0n) is 12.2. The molecule has 0 aliphatic rings. The highest BCUT2D eigenvalue weighted by atomic mass is 79.9. The van der Waals surface area contributed by atoms with Gasteiger partial charge in [-0.25, -0.2) is 0 Å². The monoisotopic (exact) mass is 387 g/mol. The highest BCUT2D eigenvalue weighted by molar-refractivity contribution is 9.10. The maximum Gasteiger partial charge on any atom is 0.133 e. The van der Waals surface area contributed by atoms with Crippen LogP contribution in [-0.4, -0.2) is 13.2 Å². The first kappa shape index (κ1) is 16.8. The molecule has 2 aromatic rings. The Morgan fingerprint density at radius 1 is 1.33 bits per heavy atom. The summed E-state index contributed by atoms with van der Waals surface area (Å²) in [6.07, 6.45) is 1.08. The van der Waals surface area contributed by atoms with Gasteiger partial charge in [-0.2, -0.15) is 0 Å². The van der Waals surface area contributed by atoms with Gasteiger partial charge in [0.2, 0.25) is 0 Å². The molecule has 0 fully saturated rings. The molecule has 0 radical (unpaired) electrons. The van der Waals surface area contributed by atoms with Gasteiger partial charge in [-0.15, -0.1) is 11.3 Å². The first-order chi connectivity index (χ1) is 10.2. The van der Waals surface area contributed by atoms with E-state index in [9.17, 15) is 0 Å². The van der Waals surface area contributed by atoms with Gasteiger partial charge >= 0.3 is 0 Å². The lowest BCUT2D eigenvalue weighted by atomic mass is 10.0. The summed E-state index contributed by atoms with van der Waals surface area (Å²) >= 11 is 11.6. The van der Waals surface area contributed by atoms with Crippen LogP contribution in [0.25, 0.3) is 0 Å². The fraction of sp³-hybridized carbons (Fsp3) is 0.375. The third-order valence-electron chi connectivity index (χ3n) is 3.09. The smallest absolute Gasteiger partial charge is 0.133 e. The number of hydrogen-bond donors (Lipinski definition) is 1. The van der Waals surface area contributed by atoms with Crippen molar-refractivity contribution in [3.8, 4) is 5.75 Å². The molecule has 0 amide bonds. The zero-order valence-corrected chi connectivity index (χ0v) is 15.3. The lowest BCUT2D eigenvalue weighted by molar-refractivity contribution is 0.338. The van der Waals surface area contributed by atoms with Crippen molar-refractivity contribution in [3.05, 3.63) is 49.6 Å². The molecule has 2 nitrogen and oxygen atoms in total. The number of nitrogens with one attached hydrogen (secondary N) is 1. The van der Waals surface area contributed by atoms with Gasteiger partial charge in [0.15, 0.2) is 0 Å². The van der Waals surface area contributed by atoms with E-state index in [4.69, 9.17) is 16.3 Å². The van der Waals surface area contributed by atoms with Crippen molar-refractivity contribution < 1.29 is 4.74 Å². The van der Waals surface area contributed by atoms with E-state index in [0.717, 1.165) is 33.1 Å². The summed E-state index contributed by atoms with van der Waals surface area (Å²) in [5.41, 5.74) is 1.18. The number of benzene rings is 1. The number of rotatable bonds is 7. The fourth-order valence-electron chi connectivity index (χ4n) is 2.13. The van der Waals surface area contributed by atoms with Gasteiger partial charge in [-0.1, -0.05) is 24.6 Å². The standard InChI is InChI=1S/C16H19BrClNOS/c1-3-8-19-15(16-13(18)7-9-21-16)11-5-6-14(20-4-2)12(17)10-11/h5-7,9-10,15,19H,3-4,8H2,1-2H3. The van der Waals surface area contributed by atoms with Gasteiger partial charge in [0.1, 0.15) is 5.75 Å². The maximum atomic E-state index is 6.32. The van der Waals surface area contributed by atoms with Gasteiger partial charge in [-0.05, 0) is 65.0 Å². The molecule has 0 spiro atoms. The van der Waals surface area contributed by atoms with Crippen molar-refractivity contribution >= 4 is 38.9 Å². The second-order valence-corrected chi connectivity index (χ2v) is 6.85. The molecule has 2 rings (SSSR count). The van der Waals surface area contributed by atoms with Crippen molar-refractivity contribution in [1.29, 1.82) is 0 Å². The molecule has 1 unspecified atom stereocenters. The Hall–Kier alpha value is -0.550. The van der Waals surface area contributed by atoms with Gasteiger partial charge in [-0.3, -0.25) is 0 Å². The van der Waals surface area contributed by atoms with Crippen LogP contribution in [0, 0.1) is 0 Å². The molecule has 1 aromatic heterocycles. The predicted octanol–water partition coefficient (Wildman–Crippen LogP) is 5.65. The van der Waals surface area contributed by atoms with Gasteiger partial charge in [0, 0.05) is 4.88 Å². The molecule has 1 N–H and O–H groups in total. The lowest BCUT2D eigenvalue weighted by Gasteiger charge is -2.19. The molecule has 5 heteroatoms. The summed E-state index contributed by atoms with van der Waals surface area (Å²) in [6.45, 7) is 5.75. The number of halogens is 2. The van der Waals surface area contributed by atoms with Crippen LogP contribution in [0.5, 0.6) is 5.75 Å². The van der Waals surface area contributed by atoms with Crippen LogP contribution in [0.15, 0.2) is 34.1 Å². The molecule has 0 aliphatic carbocycles. The lowest BCUT2D eigenvalue weighted by Crippen LogP contribution is -2.22. The minimum atomic E-state index is 0.115. The summed E-state index contributed by atoms with van der Waals surface area (Å²) < 4.78 is 6.55. The molecule has 0 saturated carbocycles. The second-order valence-electron chi connectivity index (χ2n) is 4.64. The van der Waals surface area contributed by atoms with Gasteiger partial charge in [0.25, 0.3) is 0 Å². The van der Waals surface area contributed by atoms with Crippen LogP contribution in [0.2, 0.25) is 5.02 Å². The molecule has 21 heavy (non-hydrogen) atoms. The van der Waals surface area contributed by atoms with Crippen molar-refractivity contribution in [3.63, 3.8) is 0 Å². The predicted molar refractivity (Wildman–Crippen MR) is 94.8 cm³/mol. The van der Waals surface area contributed by atoms with Crippen molar-refractivity contribution in [2.45, 2.75) is 26.3 Å². The van der Waals surface area contributed by atoms with E-state index < -0.39 is 0 Å². The Labute approximate surface area is 143 Å². The van der Waals surface area contributed by atoms with E-state index in [1.165, 1.54) is 5.56 Å². The van der Waals surface area contributed by atoms with Crippen LogP contribution in [0.1, 0.15) is 36.8 Å². The summed E-state index contributed by atoms with van der Waals surface area (Å²) in [5.74, 6) is 0.868. The third kappa shape index (κ3) is 4.22. The largest absolute Gasteiger partial charge is 0.493 e. The van der Waals surface area contributed by atoms with Gasteiger partial charge < -0.3 is 10.1 Å². The molecular weight excluding hydrogens is 370 g/mol. The number of ether oxygens (including phenoxy) is 1. The molecule has 0 bridgehead atoms. The van der Waals surface area contributed by atoms with E-state index in [0.29, 0.717) is 6.61 Å². The van der Waals surface area contributed by atoms with E-state index in [2.05, 4.69) is 40.3 Å². The van der Waals surface area contributed by atoms with Crippen LogP contribution >= 0.6 is 38.9 Å². The Kier molecular flexibility index (Phi) is 6.55. The fourth-order valence-corrected chi connectivity index (χ4v) is 3.91. The Morgan fingerprint density at radius 3 is 2.71 bits per heavy atom. The maximum absolute atomic E-state index is 6.32. The minimum absolute atomic E-state index is 0.115. The van der Waals surface area contributed by atoms with Crippen molar-refractivity contribution in [2.75, 3.05) is 13.2 Å². The average Bonchev–Trinajstić information content (AvgIpc) is 2.89. The normalized spacial score (nSPS) is 12.4. The molecule has 1 heterocycles. The van der Waals surface area contributed by atoms with E-state index in [1.54, 1.807) is 11.3 Å². The number of thiophene rings is 1. The Bertz CT molecular complexity index is 587. The Morgan fingerprint density at radius 2 is 2.14 bits per heavy atom. The Balaban J connectivity index is 2.33. The summed E-state index contributed by atoms with van der Waals surface area (Å²) in [5, 5.41) is 6.42. The van der Waals surface area contributed by atoms with Crippen molar-refractivity contribution in [2.24, 2.45) is 0 Å². The van der Waals surface area contributed by atoms with E-state index >= 15 is 0 Å². The van der Waals surface area contributed by atoms with E-state index in [1.807, 2.05) is 24.4 Å². The summed E-state index contributed by atoms with van der Waals surface area (Å²) in [4.78, 5) is 1.15. The molecule has 1 atom stereocenters. The third-order valence-corrected chi connectivity index (χ3v) is 5.14. The SMILES string of the molecule is CCCNC(c1ccc(OCC)c(Br)c1)c1sccc1Cl. The van der Waals surface area contributed by atoms with Crippen LogP contribution < -0.4 is 10.1 Å². The minimum Gasteiger partial charge on any atom is -0.493 e. The highest BCUT2D eigenvalue weighted by Gasteiger charge is 2.18. The molecule has 0 aliphatic heterocycles. The molecule has 1 aromatic carbocycles. The first-order valence-electron chi connectivity index (χ1n) is 7.05. The molecule has 114 valence electrons. The average molecular weight is 389 g/mol. The first-order valence-corrected chi connectivity index (χ1v) is 9.11. The van der Waals surface area contributed by atoms with Crippen molar-refractivity contribution in [1.82, 2.24) is 5.32 Å². The molecular formula is C16H19BrClNOS. The quantitative estimate of drug-likeness (QED) is 0.661. The number of hydrogen-bond acceptors (Lipinski definition) is 3. The molecule has 0 saturated heterocycles. The topological polar surface area (TPSA) is 21.3 Å². The summed E-state index contributed by atoms with van der Waals surface area (Å²) in [7, 11) is 0. The zero-order chi connectivity index (χ0) is 15.2. The highest BCUT2D eigenvalue weighted by Crippen LogP contribution is 2.36. The second kappa shape index (κ2) is 8.18. The van der Waals surface area contributed by atoms with Crippen LogP contribution in [0.4, 0.5) is 0 Å². The van der Waals surface area contributed by atoms with Crippen LogP contribution in [-0.2, 0) is 0 Å².